The molecule has 1 aromatic heterocycles. The number of nitrogens with one attached hydrogen (secondary N) is 1. The van der Waals surface area contributed by atoms with E-state index in [0.717, 1.165) is 0 Å². The first-order valence-corrected chi connectivity index (χ1v) is 7.04. The molecule has 0 saturated heterocycles. The molecule has 0 fully saturated rings. The quantitative estimate of drug-likeness (QED) is 0.650. The third kappa shape index (κ3) is 3.57. The number of aliphatic hydroxyl groups is 1. The van der Waals surface area contributed by atoms with Crippen LogP contribution in [0.4, 0.5) is 5.69 Å². The largest absolute Gasteiger partial charge is 0.463 e. The van der Waals surface area contributed by atoms with Crippen LogP contribution in [-0.2, 0) is 5.60 Å². The van der Waals surface area contributed by atoms with Gasteiger partial charge in [0, 0.05) is 5.56 Å². The van der Waals surface area contributed by atoms with E-state index in [1.165, 1.54) is 13.0 Å². The van der Waals surface area contributed by atoms with Gasteiger partial charge in [0.25, 0.3) is 11.6 Å². The summed E-state index contributed by atoms with van der Waals surface area (Å²) in [7, 11) is 0. The molecule has 2 rings (SSSR count). The molecule has 1 heterocycles. The number of hydrogen-bond donors (Lipinski definition) is 2. The Morgan fingerprint density at radius 1 is 1.35 bits per heavy atom. The van der Waals surface area contributed by atoms with Gasteiger partial charge in [-0.05, 0) is 39.0 Å². The number of furan rings is 1. The Kier molecular flexibility index (Phi) is 4.51. The third-order valence-corrected chi connectivity index (χ3v) is 3.53. The molecule has 2 N–H and O–H groups in total. The van der Waals surface area contributed by atoms with Gasteiger partial charge in [-0.2, -0.15) is 0 Å². The van der Waals surface area contributed by atoms with Gasteiger partial charge in [0.1, 0.15) is 22.7 Å². The summed E-state index contributed by atoms with van der Waals surface area (Å²) in [5.74, 6) is 0.332. The van der Waals surface area contributed by atoms with Crippen molar-refractivity contribution < 1.29 is 19.2 Å². The smallest absolute Gasteiger partial charge is 0.285 e. The number of hydrogen-bond acceptors (Lipinski definition) is 5. The molecule has 2 aromatic rings. The summed E-state index contributed by atoms with van der Waals surface area (Å²) in [6, 6.07) is 7.85. The molecule has 0 aliphatic rings. The number of benzene rings is 1. The Hall–Kier alpha value is -2.67. The van der Waals surface area contributed by atoms with Crippen molar-refractivity contribution in [3.05, 3.63) is 63.1 Å². The minimum absolute atomic E-state index is 0.0403. The van der Waals surface area contributed by atoms with E-state index >= 15 is 0 Å². The van der Waals surface area contributed by atoms with Crippen molar-refractivity contribution in [1.29, 1.82) is 0 Å². The number of nitro groups is 1. The second-order valence-electron chi connectivity index (χ2n) is 5.60. The van der Waals surface area contributed by atoms with Gasteiger partial charge in [-0.25, -0.2) is 0 Å². The standard InChI is InChI=1S/C16H18N2O5/c1-10-5-4-6-12(14(10)18(21)22)15(19)17-9-16(3,20)13-8-7-11(2)23-13/h4-8,20H,9H2,1-3H3,(H,17,19). The van der Waals surface area contributed by atoms with Gasteiger partial charge in [-0.3, -0.25) is 14.9 Å². The SMILES string of the molecule is Cc1ccc(C(C)(O)CNC(=O)c2cccc(C)c2[N+](=O)[O-])o1. The lowest BCUT2D eigenvalue weighted by Gasteiger charge is -2.21. The summed E-state index contributed by atoms with van der Waals surface area (Å²) in [6.45, 7) is 4.67. The first-order chi connectivity index (χ1) is 10.7. The van der Waals surface area contributed by atoms with Crippen molar-refractivity contribution in [1.82, 2.24) is 5.32 Å². The first-order valence-electron chi connectivity index (χ1n) is 7.04. The van der Waals surface area contributed by atoms with E-state index in [1.807, 2.05) is 0 Å². The van der Waals surface area contributed by atoms with Crippen LogP contribution in [0.2, 0.25) is 0 Å². The van der Waals surface area contributed by atoms with Gasteiger partial charge >= 0.3 is 0 Å². The number of rotatable bonds is 5. The predicted molar refractivity (Wildman–Crippen MR) is 83.2 cm³/mol. The van der Waals surface area contributed by atoms with Crippen LogP contribution in [0.3, 0.4) is 0 Å². The Morgan fingerprint density at radius 2 is 2.04 bits per heavy atom. The topological polar surface area (TPSA) is 106 Å². The lowest BCUT2D eigenvalue weighted by Crippen LogP contribution is -2.38. The highest BCUT2D eigenvalue weighted by Crippen LogP contribution is 2.24. The molecule has 122 valence electrons. The maximum Gasteiger partial charge on any atom is 0.285 e. The number of amides is 1. The van der Waals surface area contributed by atoms with Crippen LogP contribution in [0.5, 0.6) is 0 Å². The molecule has 0 radical (unpaired) electrons. The number of carbonyl (C=O) groups excluding carboxylic acids is 1. The van der Waals surface area contributed by atoms with Gasteiger partial charge in [-0.15, -0.1) is 0 Å². The molecular formula is C16H18N2O5. The Labute approximate surface area is 133 Å². The van der Waals surface area contributed by atoms with Gasteiger partial charge in [0.2, 0.25) is 0 Å². The normalized spacial score (nSPS) is 13.4. The summed E-state index contributed by atoms with van der Waals surface area (Å²) in [5.41, 5.74) is -1.29. The first kappa shape index (κ1) is 16.7. The fraction of sp³-hybridized carbons (Fsp3) is 0.312. The zero-order chi connectivity index (χ0) is 17.2. The maximum atomic E-state index is 12.2. The summed E-state index contributed by atoms with van der Waals surface area (Å²) in [4.78, 5) is 22.8. The molecule has 0 aliphatic carbocycles. The Bertz CT molecular complexity index is 749. The Balaban J connectivity index is 2.17. The molecule has 7 heteroatoms. The van der Waals surface area contributed by atoms with Crippen LogP contribution in [0.25, 0.3) is 0 Å². The van der Waals surface area contributed by atoms with E-state index < -0.39 is 16.4 Å². The lowest BCUT2D eigenvalue weighted by molar-refractivity contribution is -0.385. The molecule has 1 aromatic carbocycles. The second kappa shape index (κ2) is 6.21. The lowest BCUT2D eigenvalue weighted by atomic mass is 10.0. The monoisotopic (exact) mass is 318 g/mol. The fourth-order valence-electron chi connectivity index (χ4n) is 2.24. The molecule has 1 unspecified atom stereocenters. The third-order valence-electron chi connectivity index (χ3n) is 3.53. The van der Waals surface area contributed by atoms with Crippen LogP contribution < -0.4 is 5.32 Å². The molecule has 23 heavy (non-hydrogen) atoms. The maximum absolute atomic E-state index is 12.2. The summed E-state index contributed by atoms with van der Waals surface area (Å²) < 4.78 is 5.36. The number of nitro benzene ring substituents is 1. The van der Waals surface area contributed by atoms with E-state index in [4.69, 9.17) is 4.42 Å². The molecule has 0 saturated carbocycles. The minimum Gasteiger partial charge on any atom is -0.463 e. The van der Waals surface area contributed by atoms with Crippen molar-refractivity contribution in [3.8, 4) is 0 Å². The molecule has 1 amide bonds. The average Bonchev–Trinajstić information content (AvgIpc) is 2.91. The van der Waals surface area contributed by atoms with Gasteiger partial charge in [0.15, 0.2) is 0 Å². The molecule has 0 bridgehead atoms. The predicted octanol–water partition coefficient (Wildman–Crippen LogP) is 2.44. The molecule has 0 spiro atoms. The van der Waals surface area contributed by atoms with Crippen LogP contribution in [0.15, 0.2) is 34.7 Å². The molecule has 0 aliphatic heterocycles. The Morgan fingerprint density at radius 3 is 2.61 bits per heavy atom. The number of nitrogens with zero attached hydrogens (tertiary/aromatic N) is 1. The van der Waals surface area contributed by atoms with Crippen LogP contribution >= 0.6 is 0 Å². The zero-order valence-electron chi connectivity index (χ0n) is 13.1. The van der Waals surface area contributed by atoms with Crippen molar-refractivity contribution >= 4 is 11.6 Å². The highest BCUT2D eigenvalue weighted by atomic mass is 16.6. The summed E-state index contributed by atoms with van der Waals surface area (Å²) in [6.07, 6.45) is 0. The molecule has 7 nitrogen and oxygen atoms in total. The zero-order valence-corrected chi connectivity index (χ0v) is 13.1. The van der Waals surface area contributed by atoms with Crippen molar-refractivity contribution in [2.45, 2.75) is 26.4 Å². The van der Waals surface area contributed by atoms with Crippen LogP contribution in [0.1, 0.15) is 34.4 Å². The van der Waals surface area contributed by atoms with Crippen molar-refractivity contribution in [2.24, 2.45) is 0 Å². The summed E-state index contributed by atoms with van der Waals surface area (Å²) in [5, 5.41) is 24.0. The molecular weight excluding hydrogens is 300 g/mol. The van der Waals surface area contributed by atoms with E-state index in [1.54, 1.807) is 38.1 Å². The number of para-hydroxylation sites is 1. The summed E-state index contributed by atoms with van der Waals surface area (Å²) >= 11 is 0. The van der Waals surface area contributed by atoms with E-state index in [2.05, 4.69) is 5.32 Å². The van der Waals surface area contributed by atoms with Crippen LogP contribution in [0, 0.1) is 24.0 Å². The highest BCUT2D eigenvalue weighted by molar-refractivity contribution is 5.98. The van der Waals surface area contributed by atoms with Gasteiger partial charge < -0.3 is 14.8 Å². The van der Waals surface area contributed by atoms with Gasteiger partial charge in [-0.1, -0.05) is 12.1 Å². The molecule has 1 atom stereocenters. The second-order valence-corrected chi connectivity index (χ2v) is 5.60. The highest BCUT2D eigenvalue weighted by Gasteiger charge is 2.29. The van der Waals surface area contributed by atoms with E-state index in [0.29, 0.717) is 17.1 Å². The fourth-order valence-corrected chi connectivity index (χ4v) is 2.24. The van der Waals surface area contributed by atoms with E-state index in [-0.39, 0.29) is 17.8 Å². The number of aryl methyl sites for hydroxylation is 2. The van der Waals surface area contributed by atoms with Crippen LogP contribution in [-0.4, -0.2) is 22.5 Å². The number of carbonyl (C=O) groups is 1. The van der Waals surface area contributed by atoms with E-state index in [9.17, 15) is 20.0 Å². The minimum atomic E-state index is -1.41. The average molecular weight is 318 g/mol. The van der Waals surface area contributed by atoms with Crippen molar-refractivity contribution in [2.75, 3.05) is 6.54 Å². The van der Waals surface area contributed by atoms with Gasteiger partial charge in [0.05, 0.1) is 11.5 Å². The van der Waals surface area contributed by atoms with Crippen molar-refractivity contribution in [3.63, 3.8) is 0 Å².